The molecule has 1 aromatic carbocycles. The molecular formula is C9H8BrCl2NO5S. The van der Waals surface area contributed by atoms with E-state index in [4.69, 9.17) is 33.4 Å². The number of nitrogens with one attached hydrogen (secondary N) is 1. The Bertz CT molecular complexity index is 584. The van der Waals surface area contributed by atoms with Crippen LogP contribution in [0, 0.1) is 0 Å². The molecule has 0 unspecified atom stereocenters. The minimum atomic E-state index is -4.13. The Morgan fingerprint density at radius 1 is 1.37 bits per heavy atom. The standard InChI is InChI=1S/C9H8BrCl2NO5S/c10-4-1-5(11)8(6(12)2-4)19(17,18)13-3-7(14)9(15)16/h1-2,7,13-14H,3H2,(H,15,16)/t7-/m0/s1. The van der Waals surface area contributed by atoms with E-state index in [0.29, 0.717) is 4.47 Å². The van der Waals surface area contributed by atoms with Crippen LogP contribution in [-0.2, 0) is 14.8 Å². The van der Waals surface area contributed by atoms with E-state index < -0.39 is 28.6 Å². The molecule has 0 aliphatic carbocycles. The number of aliphatic hydroxyl groups excluding tert-OH is 1. The number of aliphatic carboxylic acids is 1. The van der Waals surface area contributed by atoms with Crippen LogP contribution in [0.3, 0.4) is 0 Å². The van der Waals surface area contributed by atoms with Gasteiger partial charge < -0.3 is 10.2 Å². The molecule has 10 heteroatoms. The van der Waals surface area contributed by atoms with Crippen LogP contribution in [0.25, 0.3) is 0 Å². The van der Waals surface area contributed by atoms with E-state index in [1.54, 1.807) is 0 Å². The minimum absolute atomic E-state index is 0.128. The van der Waals surface area contributed by atoms with Gasteiger partial charge in [0.15, 0.2) is 6.10 Å². The van der Waals surface area contributed by atoms with Crippen molar-refractivity contribution in [2.45, 2.75) is 11.0 Å². The van der Waals surface area contributed by atoms with Gasteiger partial charge >= 0.3 is 5.97 Å². The fourth-order valence-corrected chi connectivity index (χ4v) is 4.10. The molecule has 19 heavy (non-hydrogen) atoms. The Kier molecular flexibility index (Phi) is 5.60. The molecule has 0 heterocycles. The first-order valence-corrected chi connectivity index (χ1v) is 7.73. The molecule has 0 saturated heterocycles. The van der Waals surface area contributed by atoms with Gasteiger partial charge in [0.05, 0.1) is 10.0 Å². The van der Waals surface area contributed by atoms with Crippen molar-refractivity contribution in [3.63, 3.8) is 0 Å². The van der Waals surface area contributed by atoms with E-state index in [9.17, 15) is 13.2 Å². The predicted octanol–water partition coefficient (Wildman–Crippen LogP) is 1.48. The van der Waals surface area contributed by atoms with Crippen molar-refractivity contribution in [3.05, 3.63) is 26.7 Å². The van der Waals surface area contributed by atoms with Crippen molar-refractivity contribution in [2.75, 3.05) is 6.54 Å². The van der Waals surface area contributed by atoms with Crippen molar-refractivity contribution < 1.29 is 23.4 Å². The molecule has 0 fully saturated rings. The molecule has 0 saturated carbocycles. The molecule has 0 radical (unpaired) electrons. The second kappa shape index (κ2) is 6.38. The van der Waals surface area contributed by atoms with Crippen LogP contribution in [0.4, 0.5) is 0 Å². The smallest absolute Gasteiger partial charge is 0.333 e. The fraction of sp³-hybridized carbons (Fsp3) is 0.222. The first kappa shape index (κ1) is 16.7. The van der Waals surface area contributed by atoms with Crippen molar-refractivity contribution in [1.29, 1.82) is 0 Å². The number of benzene rings is 1. The maximum Gasteiger partial charge on any atom is 0.333 e. The monoisotopic (exact) mass is 391 g/mol. The summed E-state index contributed by atoms with van der Waals surface area (Å²) < 4.78 is 26.2. The number of rotatable bonds is 5. The highest BCUT2D eigenvalue weighted by atomic mass is 79.9. The molecule has 0 aromatic heterocycles. The second-order valence-electron chi connectivity index (χ2n) is 3.40. The van der Waals surface area contributed by atoms with Gasteiger partial charge in [0.25, 0.3) is 0 Å². The number of hydrogen-bond donors (Lipinski definition) is 3. The fourth-order valence-electron chi connectivity index (χ4n) is 1.13. The Morgan fingerprint density at radius 3 is 2.26 bits per heavy atom. The maximum atomic E-state index is 11.9. The highest BCUT2D eigenvalue weighted by Crippen LogP contribution is 2.32. The Labute approximate surface area is 127 Å². The predicted molar refractivity (Wildman–Crippen MR) is 73.0 cm³/mol. The first-order valence-electron chi connectivity index (χ1n) is 4.70. The van der Waals surface area contributed by atoms with Crippen molar-refractivity contribution in [1.82, 2.24) is 4.72 Å². The Balaban J connectivity index is 3.05. The van der Waals surface area contributed by atoms with E-state index in [0.717, 1.165) is 0 Å². The highest BCUT2D eigenvalue weighted by molar-refractivity contribution is 9.10. The quantitative estimate of drug-likeness (QED) is 0.704. The van der Waals surface area contributed by atoms with Gasteiger partial charge in [-0.2, -0.15) is 0 Å². The number of carboxylic acid groups (broad SMARTS) is 1. The number of halogens is 3. The van der Waals surface area contributed by atoms with Crippen molar-refractivity contribution in [2.24, 2.45) is 0 Å². The van der Waals surface area contributed by atoms with E-state index in [1.165, 1.54) is 12.1 Å². The number of aliphatic hydroxyl groups is 1. The molecule has 0 bridgehead atoms. The summed E-state index contributed by atoms with van der Waals surface area (Å²) in [6.45, 7) is -0.694. The van der Waals surface area contributed by atoms with Crippen LogP contribution in [0.1, 0.15) is 0 Å². The highest BCUT2D eigenvalue weighted by Gasteiger charge is 2.24. The van der Waals surface area contributed by atoms with Crippen molar-refractivity contribution in [3.8, 4) is 0 Å². The molecule has 1 atom stereocenters. The topological polar surface area (TPSA) is 104 Å². The average Bonchev–Trinajstić information content (AvgIpc) is 2.23. The van der Waals surface area contributed by atoms with Crippen LogP contribution in [-0.4, -0.2) is 37.2 Å². The van der Waals surface area contributed by atoms with Gasteiger partial charge in [0.2, 0.25) is 10.0 Å². The van der Waals surface area contributed by atoms with Gasteiger partial charge in [-0.25, -0.2) is 17.9 Å². The SMILES string of the molecule is O=C(O)[C@@H](O)CNS(=O)(=O)c1c(Cl)cc(Br)cc1Cl. The second-order valence-corrected chi connectivity index (χ2v) is 6.84. The molecule has 106 valence electrons. The zero-order chi connectivity index (χ0) is 14.8. The third-order valence-corrected chi connectivity index (χ3v) is 4.79. The Hall–Kier alpha value is -0.380. The number of carboxylic acids is 1. The summed E-state index contributed by atoms with van der Waals surface area (Å²) in [5, 5.41) is 17.2. The van der Waals surface area contributed by atoms with Crippen LogP contribution in [0.15, 0.2) is 21.5 Å². The lowest BCUT2D eigenvalue weighted by molar-refractivity contribution is -0.146. The summed E-state index contributed by atoms with van der Waals surface area (Å²) in [5.41, 5.74) is 0. The van der Waals surface area contributed by atoms with Gasteiger partial charge in [-0.05, 0) is 12.1 Å². The first-order chi connectivity index (χ1) is 8.65. The van der Waals surface area contributed by atoms with E-state index in [2.05, 4.69) is 15.9 Å². The van der Waals surface area contributed by atoms with E-state index in [-0.39, 0.29) is 14.9 Å². The molecule has 0 aliphatic heterocycles. The van der Waals surface area contributed by atoms with E-state index in [1.807, 2.05) is 4.72 Å². The molecule has 3 N–H and O–H groups in total. The lowest BCUT2D eigenvalue weighted by atomic mass is 10.4. The zero-order valence-corrected chi connectivity index (χ0v) is 13.0. The zero-order valence-electron chi connectivity index (χ0n) is 9.10. The summed E-state index contributed by atoms with van der Waals surface area (Å²) in [6.07, 6.45) is -1.86. The minimum Gasteiger partial charge on any atom is -0.479 e. The third kappa shape index (κ3) is 4.30. The van der Waals surface area contributed by atoms with Crippen molar-refractivity contribution >= 4 is 55.1 Å². The van der Waals surface area contributed by atoms with Gasteiger partial charge in [0.1, 0.15) is 4.90 Å². The van der Waals surface area contributed by atoms with Gasteiger partial charge in [0, 0.05) is 11.0 Å². The summed E-state index contributed by atoms with van der Waals surface area (Å²) in [5.74, 6) is -1.55. The van der Waals surface area contributed by atoms with Gasteiger partial charge in [-0.1, -0.05) is 39.1 Å². The molecular weight excluding hydrogens is 385 g/mol. The number of sulfonamides is 1. The normalized spacial score (nSPS) is 13.3. The molecule has 1 aromatic rings. The summed E-state index contributed by atoms with van der Waals surface area (Å²) in [7, 11) is -4.13. The third-order valence-electron chi connectivity index (χ3n) is 1.98. The molecule has 0 amide bonds. The molecule has 0 spiro atoms. The van der Waals surface area contributed by atoms with Crippen LogP contribution >= 0.6 is 39.1 Å². The summed E-state index contributed by atoms with van der Waals surface area (Å²) in [6, 6.07) is 2.66. The Morgan fingerprint density at radius 2 is 1.84 bits per heavy atom. The average molecular weight is 393 g/mol. The lowest BCUT2D eigenvalue weighted by Gasteiger charge is -2.11. The lowest BCUT2D eigenvalue weighted by Crippen LogP contribution is -2.36. The molecule has 6 nitrogen and oxygen atoms in total. The van der Waals surface area contributed by atoms with Gasteiger partial charge in [-0.3, -0.25) is 0 Å². The molecule has 1 rings (SSSR count). The number of hydrogen-bond acceptors (Lipinski definition) is 4. The largest absolute Gasteiger partial charge is 0.479 e. The summed E-state index contributed by atoms with van der Waals surface area (Å²) in [4.78, 5) is 10.0. The van der Waals surface area contributed by atoms with Crippen LogP contribution in [0.5, 0.6) is 0 Å². The molecule has 0 aliphatic rings. The number of carbonyl (C=O) groups is 1. The van der Waals surface area contributed by atoms with Crippen LogP contribution in [0.2, 0.25) is 10.0 Å². The van der Waals surface area contributed by atoms with Gasteiger partial charge in [-0.15, -0.1) is 0 Å². The van der Waals surface area contributed by atoms with Crippen LogP contribution < -0.4 is 4.72 Å². The maximum absolute atomic E-state index is 11.9. The summed E-state index contributed by atoms with van der Waals surface area (Å²) >= 11 is 14.7. The van der Waals surface area contributed by atoms with E-state index >= 15 is 0 Å².